The first-order valence-electron chi connectivity index (χ1n) is 6.06. The van der Waals surface area contributed by atoms with Crippen LogP contribution in [0.3, 0.4) is 0 Å². The van der Waals surface area contributed by atoms with Crippen LogP contribution in [-0.4, -0.2) is 14.4 Å². The number of rotatable bonds is 3. The van der Waals surface area contributed by atoms with Crippen LogP contribution >= 0.6 is 0 Å². The molecule has 3 rings (SSSR count). The zero-order valence-corrected chi connectivity index (χ0v) is 10.5. The monoisotopic (exact) mass is 295 g/mol. The highest BCUT2D eigenvalue weighted by Gasteiger charge is 2.16. The molecule has 0 aliphatic carbocycles. The minimum atomic E-state index is -2.69. The van der Waals surface area contributed by atoms with Crippen LogP contribution in [0.1, 0.15) is 24.2 Å². The maximum Gasteiger partial charge on any atom is 0.281 e. The predicted octanol–water partition coefficient (Wildman–Crippen LogP) is 4.27. The number of alkyl halides is 4. The number of hydrogen-bond acceptors (Lipinski definition) is 2. The molecule has 0 atom stereocenters. The van der Waals surface area contributed by atoms with Gasteiger partial charge in [-0.2, -0.15) is 0 Å². The minimum absolute atomic E-state index is 0.291. The molecule has 108 valence electrons. The Morgan fingerprint density at radius 1 is 1.00 bits per heavy atom. The highest BCUT2D eigenvalue weighted by molar-refractivity contribution is 5.77. The second kappa shape index (κ2) is 5.16. The van der Waals surface area contributed by atoms with E-state index in [0.29, 0.717) is 16.8 Å². The van der Waals surface area contributed by atoms with Crippen LogP contribution in [0, 0.1) is 0 Å². The van der Waals surface area contributed by atoms with E-state index in [1.807, 2.05) is 0 Å². The molecule has 0 aliphatic rings. The van der Waals surface area contributed by atoms with Crippen molar-refractivity contribution in [2.75, 3.05) is 0 Å². The summed E-state index contributed by atoms with van der Waals surface area (Å²) in [4.78, 5) is 7.45. The molecule has 0 fully saturated rings. The molecule has 0 bridgehead atoms. The quantitative estimate of drug-likeness (QED) is 0.675. The molecule has 3 aromatic rings. The predicted molar refractivity (Wildman–Crippen MR) is 68.3 cm³/mol. The second-order valence-corrected chi connectivity index (χ2v) is 4.39. The summed E-state index contributed by atoms with van der Waals surface area (Å²) in [5.41, 5.74) is 0.519. The van der Waals surface area contributed by atoms with Gasteiger partial charge in [0.2, 0.25) is 0 Å². The van der Waals surface area contributed by atoms with Gasteiger partial charge in [-0.1, -0.05) is 0 Å². The molecule has 3 aromatic heterocycles. The lowest BCUT2D eigenvalue weighted by molar-refractivity contribution is 0.146. The molecule has 0 spiro atoms. The number of imidazole rings is 1. The molecule has 0 radical (unpaired) electrons. The van der Waals surface area contributed by atoms with Gasteiger partial charge in [-0.25, -0.2) is 22.5 Å². The van der Waals surface area contributed by atoms with Crippen LogP contribution in [0.15, 0.2) is 42.9 Å². The second-order valence-electron chi connectivity index (χ2n) is 4.39. The molecule has 0 amide bonds. The molecule has 0 saturated carbocycles. The van der Waals surface area contributed by atoms with Crippen LogP contribution in [0.25, 0.3) is 16.8 Å². The molecule has 0 aromatic carbocycles. The number of aromatic nitrogens is 3. The van der Waals surface area contributed by atoms with E-state index in [4.69, 9.17) is 0 Å². The van der Waals surface area contributed by atoms with Gasteiger partial charge in [0.1, 0.15) is 17.0 Å². The van der Waals surface area contributed by atoms with Crippen molar-refractivity contribution in [3.63, 3.8) is 0 Å². The fourth-order valence-electron chi connectivity index (χ4n) is 2.10. The van der Waals surface area contributed by atoms with Crippen molar-refractivity contribution in [3.05, 3.63) is 54.2 Å². The zero-order valence-electron chi connectivity index (χ0n) is 10.5. The van der Waals surface area contributed by atoms with E-state index in [1.165, 1.54) is 28.9 Å². The van der Waals surface area contributed by atoms with E-state index in [2.05, 4.69) is 9.97 Å². The average Bonchev–Trinajstić information content (AvgIpc) is 2.91. The van der Waals surface area contributed by atoms with Crippen molar-refractivity contribution >= 4 is 5.65 Å². The first-order chi connectivity index (χ1) is 10.1. The van der Waals surface area contributed by atoms with Crippen LogP contribution in [-0.2, 0) is 0 Å². The third-order valence-electron chi connectivity index (χ3n) is 3.04. The SMILES string of the molecule is FC(F)c1cc(-c2cccn3cc(C(F)F)nc23)ccn1. The summed E-state index contributed by atoms with van der Waals surface area (Å²) >= 11 is 0. The Bertz CT molecular complexity index is 783. The topological polar surface area (TPSA) is 30.2 Å². The van der Waals surface area contributed by atoms with Gasteiger partial charge in [-0.3, -0.25) is 4.98 Å². The summed E-state index contributed by atoms with van der Waals surface area (Å²) in [6.45, 7) is 0. The van der Waals surface area contributed by atoms with E-state index >= 15 is 0 Å². The molecule has 0 aliphatic heterocycles. The third-order valence-corrected chi connectivity index (χ3v) is 3.04. The van der Waals surface area contributed by atoms with E-state index in [0.717, 1.165) is 0 Å². The lowest BCUT2D eigenvalue weighted by Gasteiger charge is -2.05. The lowest BCUT2D eigenvalue weighted by Crippen LogP contribution is -1.92. The van der Waals surface area contributed by atoms with Gasteiger partial charge in [0.15, 0.2) is 0 Å². The fourth-order valence-corrected chi connectivity index (χ4v) is 2.10. The Hall–Kier alpha value is -2.44. The number of fused-ring (bicyclic) bond motifs is 1. The standard InChI is InChI=1S/C14H9F4N3/c15-12(16)10-6-8(3-4-19-10)9-2-1-5-21-7-11(13(17)18)20-14(9)21/h1-7,12-13H. The van der Waals surface area contributed by atoms with E-state index < -0.39 is 12.9 Å². The molecule has 0 saturated heterocycles. The van der Waals surface area contributed by atoms with Crippen molar-refractivity contribution in [3.8, 4) is 11.1 Å². The summed E-state index contributed by atoms with van der Waals surface area (Å²) in [5.74, 6) is 0. The maximum atomic E-state index is 12.7. The van der Waals surface area contributed by atoms with Crippen LogP contribution < -0.4 is 0 Å². The van der Waals surface area contributed by atoms with E-state index in [-0.39, 0.29) is 11.4 Å². The number of pyridine rings is 2. The van der Waals surface area contributed by atoms with Crippen molar-refractivity contribution in [1.82, 2.24) is 14.4 Å². The van der Waals surface area contributed by atoms with Crippen LogP contribution in [0.4, 0.5) is 17.6 Å². The van der Waals surface area contributed by atoms with E-state index in [9.17, 15) is 17.6 Å². The number of hydrogen-bond donors (Lipinski definition) is 0. The Kier molecular flexibility index (Phi) is 3.32. The summed E-state index contributed by atoms with van der Waals surface area (Å²) in [5, 5.41) is 0. The van der Waals surface area contributed by atoms with Gasteiger partial charge in [0.25, 0.3) is 12.9 Å². The van der Waals surface area contributed by atoms with Gasteiger partial charge in [-0.05, 0) is 29.8 Å². The fraction of sp³-hybridized carbons (Fsp3) is 0.143. The lowest BCUT2D eigenvalue weighted by atomic mass is 10.1. The zero-order chi connectivity index (χ0) is 15.0. The number of halogens is 4. The van der Waals surface area contributed by atoms with Crippen molar-refractivity contribution in [2.24, 2.45) is 0 Å². The smallest absolute Gasteiger partial charge is 0.281 e. The van der Waals surface area contributed by atoms with Gasteiger partial charge in [0, 0.05) is 24.2 Å². The number of nitrogens with zero attached hydrogens (tertiary/aromatic N) is 3. The maximum absolute atomic E-state index is 12.7. The van der Waals surface area contributed by atoms with Crippen LogP contribution in [0.2, 0.25) is 0 Å². The van der Waals surface area contributed by atoms with Crippen molar-refractivity contribution in [2.45, 2.75) is 12.9 Å². The van der Waals surface area contributed by atoms with Gasteiger partial charge < -0.3 is 4.40 Å². The minimum Gasteiger partial charge on any atom is -0.306 e. The van der Waals surface area contributed by atoms with Crippen LogP contribution in [0.5, 0.6) is 0 Å². The summed E-state index contributed by atoms with van der Waals surface area (Å²) in [7, 11) is 0. The molecule has 0 N–H and O–H groups in total. The summed E-state index contributed by atoms with van der Waals surface area (Å²) < 4.78 is 52.3. The first kappa shape index (κ1) is 13.5. The molecule has 3 nitrogen and oxygen atoms in total. The Morgan fingerprint density at radius 3 is 2.48 bits per heavy atom. The highest BCUT2D eigenvalue weighted by atomic mass is 19.3. The Balaban J connectivity index is 2.18. The van der Waals surface area contributed by atoms with Gasteiger partial charge in [0.05, 0.1) is 0 Å². The van der Waals surface area contributed by atoms with E-state index in [1.54, 1.807) is 18.3 Å². The molecule has 0 unspecified atom stereocenters. The van der Waals surface area contributed by atoms with Gasteiger partial charge in [-0.15, -0.1) is 0 Å². The molecule has 7 heteroatoms. The first-order valence-corrected chi connectivity index (χ1v) is 6.06. The molecular weight excluding hydrogens is 286 g/mol. The Labute approximate surface area is 116 Å². The Morgan fingerprint density at radius 2 is 1.76 bits per heavy atom. The van der Waals surface area contributed by atoms with Crippen molar-refractivity contribution in [1.29, 1.82) is 0 Å². The van der Waals surface area contributed by atoms with Crippen molar-refractivity contribution < 1.29 is 17.6 Å². The average molecular weight is 295 g/mol. The van der Waals surface area contributed by atoms with Gasteiger partial charge >= 0.3 is 0 Å². The molecule has 21 heavy (non-hydrogen) atoms. The normalized spacial score (nSPS) is 11.7. The summed E-state index contributed by atoms with van der Waals surface area (Å²) in [6.07, 6.45) is -1.32. The molecule has 3 heterocycles. The largest absolute Gasteiger partial charge is 0.306 e. The highest BCUT2D eigenvalue weighted by Crippen LogP contribution is 2.28. The molecular formula is C14H9F4N3. The summed E-state index contributed by atoms with van der Waals surface area (Å²) in [6, 6.07) is 6.05. The third kappa shape index (κ3) is 2.46.